The maximum Gasteiger partial charge on any atom is 0.328 e. The zero-order valence-electron chi connectivity index (χ0n) is 11.9. The Labute approximate surface area is 117 Å². The van der Waals surface area contributed by atoms with Gasteiger partial charge in [0.2, 0.25) is 0 Å². The number of amides is 1. The molecule has 7 heteroatoms. The van der Waals surface area contributed by atoms with Crippen molar-refractivity contribution in [2.24, 2.45) is 7.05 Å². The molecule has 0 radical (unpaired) electrons. The summed E-state index contributed by atoms with van der Waals surface area (Å²) in [5.74, 6) is -1.16. The molecule has 2 rings (SSSR count). The van der Waals surface area contributed by atoms with Crippen LogP contribution in [0.2, 0.25) is 0 Å². The zero-order chi connectivity index (χ0) is 14.9. The van der Waals surface area contributed by atoms with Gasteiger partial charge in [-0.15, -0.1) is 0 Å². The van der Waals surface area contributed by atoms with Crippen molar-refractivity contribution in [3.63, 3.8) is 0 Å². The van der Waals surface area contributed by atoms with Crippen molar-refractivity contribution in [3.05, 3.63) is 17.5 Å². The third kappa shape index (κ3) is 2.67. The number of carbonyl (C=O) groups is 2. The Balaban J connectivity index is 2.27. The topological polar surface area (TPSA) is 84.7 Å². The molecular formula is C13H19N3O4. The first-order valence-electron chi connectivity index (χ1n) is 6.57. The highest BCUT2D eigenvalue weighted by molar-refractivity contribution is 5.95. The zero-order valence-corrected chi connectivity index (χ0v) is 11.9. The van der Waals surface area contributed by atoms with Crippen molar-refractivity contribution in [2.45, 2.75) is 25.8 Å². The second-order valence-electron chi connectivity index (χ2n) is 5.16. The lowest BCUT2D eigenvalue weighted by atomic mass is 10.1. The van der Waals surface area contributed by atoms with Crippen LogP contribution in [-0.2, 0) is 16.6 Å². The molecule has 1 amide bonds. The van der Waals surface area contributed by atoms with Gasteiger partial charge in [0.1, 0.15) is 5.69 Å². The summed E-state index contributed by atoms with van der Waals surface area (Å²) in [7, 11) is 1.69. The SMILES string of the molecule is CC(C)c1cc(C(=O)N2CCOC[C@@H]2C(=O)O)n(C)n1. The molecule has 1 aliphatic heterocycles. The van der Waals surface area contributed by atoms with Gasteiger partial charge >= 0.3 is 5.97 Å². The molecule has 1 saturated heterocycles. The summed E-state index contributed by atoms with van der Waals surface area (Å²) >= 11 is 0. The monoisotopic (exact) mass is 281 g/mol. The average Bonchev–Trinajstić information content (AvgIpc) is 2.80. The van der Waals surface area contributed by atoms with Crippen LogP contribution >= 0.6 is 0 Å². The Hall–Kier alpha value is -1.89. The van der Waals surface area contributed by atoms with Crippen LogP contribution in [0.5, 0.6) is 0 Å². The molecule has 0 saturated carbocycles. The molecular weight excluding hydrogens is 262 g/mol. The first-order valence-corrected chi connectivity index (χ1v) is 6.57. The van der Waals surface area contributed by atoms with Gasteiger partial charge in [-0.25, -0.2) is 4.79 Å². The Morgan fingerprint density at radius 1 is 1.50 bits per heavy atom. The van der Waals surface area contributed by atoms with Crippen molar-refractivity contribution in [3.8, 4) is 0 Å². The van der Waals surface area contributed by atoms with Crippen molar-refractivity contribution in [1.29, 1.82) is 0 Å². The highest BCUT2D eigenvalue weighted by Gasteiger charge is 2.34. The van der Waals surface area contributed by atoms with Crippen LogP contribution in [0.3, 0.4) is 0 Å². The smallest absolute Gasteiger partial charge is 0.328 e. The number of carboxylic acids is 1. The Bertz CT molecular complexity index is 524. The fourth-order valence-electron chi connectivity index (χ4n) is 2.17. The molecule has 1 aromatic rings. The fraction of sp³-hybridized carbons (Fsp3) is 0.615. The van der Waals surface area contributed by atoms with Crippen LogP contribution in [0.1, 0.15) is 35.9 Å². The summed E-state index contributed by atoms with van der Waals surface area (Å²) in [5, 5.41) is 13.5. The highest BCUT2D eigenvalue weighted by atomic mass is 16.5. The van der Waals surface area contributed by atoms with Gasteiger partial charge in [0.25, 0.3) is 5.91 Å². The van der Waals surface area contributed by atoms with Crippen LogP contribution in [-0.4, -0.2) is 57.5 Å². The van der Waals surface area contributed by atoms with Crippen molar-refractivity contribution in [2.75, 3.05) is 19.8 Å². The van der Waals surface area contributed by atoms with Crippen molar-refractivity contribution in [1.82, 2.24) is 14.7 Å². The van der Waals surface area contributed by atoms with E-state index in [1.807, 2.05) is 13.8 Å². The lowest BCUT2D eigenvalue weighted by Crippen LogP contribution is -2.52. The number of aromatic nitrogens is 2. The van der Waals surface area contributed by atoms with E-state index in [1.54, 1.807) is 13.1 Å². The second kappa shape index (κ2) is 5.62. The van der Waals surface area contributed by atoms with Gasteiger partial charge in [-0.1, -0.05) is 13.8 Å². The van der Waals surface area contributed by atoms with E-state index >= 15 is 0 Å². The van der Waals surface area contributed by atoms with Gasteiger partial charge in [-0.05, 0) is 12.0 Å². The van der Waals surface area contributed by atoms with Crippen LogP contribution in [0.4, 0.5) is 0 Å². The number of nitrogens with zero attached hydrogens (tertiary/aromatic N) is 3. The van der Waals surface area contributed by atoms with Crippen LogP contribution in [0.15, 0.2) is 6.07 Å². The lowest BCUT2D eigenvalue weighted by molar-refractivity contribution is -0.147. The molecule has 20 heavy (non-hydrogen) atoms. The summed E-state index contributed by atoms with van der Waals surface area (Å²) in [5.41, 5.74) is 1.22. The normalized spacial score (nSPS) is 19.4. The van der Waals surface area contributed by atoms with Gasteiger partial charge in [-0.3, -0.25) is 9.48 Å². The number of morpholine rings is 1. The van der Waals surface area contributed by atoms with Crippen LogP contribution < -0.4 is 0 Å². The van der Waals surface area contributed by atoms with E-state index in [9.17, 15) is 14.7 Å². The second-order valence-corrected chi connectivity index (χ2v) is 5.16. The molecule has 1 N–H and O–H groups in total. The first-order chi connectivity index (χ1) is 9.41. The molecule has 0 unspecified atom stereocenters. The number of rotatable bonds is 3. The van der Waals surface area contributed by atoms with Gasteiger partial charge in [0, 0.05) is 13.6 Å². The molecule has 2 heterocycles. The third-order valence-electron chi connectivity index (χ3n) is 3.38. The Morgan fingerprint density at radius 2 is 2.20 bits per heavy atom. The summed E-state index contributed by atoms with van der Waals surface area (Å²) < 4.78 is 6.64. The average molecular weight is 281 g/mol. The van der Waals surface area contributed by atoms with Gasteiger partial charge in [0.15, 0.2) is 6.04 Å². The van der Waals surface area contributed by atoms with Gasteiger partial charge in [-0.2, -0.15) is 5.10 Å². The number of carbonyl (C=O) groups excluding carboxylic acids is 1. The Morgan fingerprint density at radius 3 is 2.75 bits per heavy atom. The molecule has 1 aromatic heterocycles. The molecule has 0 aliphatic carbocycles. The van der Waals surface area contributed by atoms with Crippen LogP contribution in [0.25, 0.3) is 0 Å². The Kier molecular flexibility index (Phi) is 4.08. The van der Waals surface area contributed by atoms with Crippen LogP contribution in [0, 0.1) is 0 Å². The van der Waals surface area contributed by atoms with Crippen molar-refractivity contribution >= 4 is 11.9 Å². The van der Waals surface area contributed by atoms with E-state index in [-0.39, 0.29) is 25.0 Å². The van der Waals surface area contributed by atoms with E-state index in [2.05, 4.69) is 5.10 Å². The molecule has 0 spiro atoms. The standard InChI is InChI=1S/C13H19N3O4/c1-8(2)9-6-10(15(3)14-9)12(17)16-4-5-20-7-11(16)13(18)19/h6,8,11H,4-5,7H2,1-3H3,(H,18,19)/t11-/m1/s1. The summed E-state index contributed by atoms with van der Waals surface area (Å²) in [6.45, 7) is 4.63. The minimum absolute atomic E-state index is 0.0238. The molecule has 1 fully saturated rings. The number of ether oxygens (including phenoxy) is 1. The van der Waals surface area contributed by atoms with Crippen molar-refractivity contribution < 1.29 is 19.4 Å². The van der Waals surface area contributed by atoms with E-state index in [0.29, 0.717) is 12.3 Å². The third-order valence-corrected chi connectivity index (χ3v) is 3.38. The predicted molar refractivity (Wildman–Crippen MR) is 70.6 cm³/mol. The number of aliphatic carboxylic acids is 1. The van der Waals surface area contributed by atoms with E-state index in [4.69, 9.17) is 4.74 Å². The molecule has 110 valence electrons. The molecule has 0 aromatic carbocycles. The van der Waals surface area contributed by atoms with Gasteiger partial charge in [0.05, 0.1) is 18.9 Å². The fourth-order valence-corrected chi connectivity index (χ4v) is 2.17. The number of hydrogen-bond acceptors (Lipinski definition) is 4. The van der Waals surface area contributed by atoms with E-state index in [1.165, 1.54) is 9.58 Å². The highest BCUT2D eigenvalue weighted by Crippen LogP contribution is 2.17. The molecule has 0 bridgehead atoms. The minimum Gasteiger partial charge on any atom is -0.480 e. The summed E-state index contributed by atoms with van der Waals surface area (Å²) in [6.07, 6.45) is 0. The minimum atomic E-state index is -1.05. The number of hydrogen-bond donors (Lipinski definition) is 1. The lowest BCUT2D eigenvalue weighted by Gasteiger charge is -2.32. The number of carboxylic acid groups (broad SMARTS) is 1. The number of aryl methyl sites for hydroxylation is 1. The molecule has 1 aliphatic rings. The summed E-state index contributed by atoms with van der Waals surface area (Å²) in [6, 6.07) is 0.787. The largest absolute Gasteiger partial charge is 0.480 e. The quantitative estimate of drug-likeness (QED) is 0.870. The maximum atomic E-state index is 12.5. The first kappa shape index (κ1) is 14.5. The molecule has 7 nitrogen and oxygen atoms in total. The van der Waals surface area contributed by atoms with E-state index in [0.717, 1.165) is 5.69 Å². The maximum absolute atomic E-state index is 12.5. The summed E-state index contributed by atoms with van der Waals surface area (Å²) in [4.78, 5) is 25.1. The van der Waals surface area contributed by atoms with E-state index < -0.39 is 12.0 Å². The van der Waals surface area contributed by atoms with Gasteiger partial charge < -0.3 is 14.7 Å². The molecule has 1 atom stereocenters. The predicted octanol–water partition coefficient (Wildman–Crippen LogP) is 0.469.